The van der Waals surface area contributed by atoms with E-state index in [1.54, 1.807) is 33.8 Å². The van der Waals surface area contributed by atoms with Gasteiger partial charge < -0.3 is 19.1 Å². The Morgan fingerprint density at radius 3 is 3.06 bits per heavy atom. The van der Waals surface area contributed by atoms with E-state index in [0.29, 0.717) is 36.4 Å². The van der Waals surface area contributed by atoms with Gasteiger partial charge in [0.1, 0.15) is 0 Å². The van der Waals surface area contributed by atoms with Gasteiger partial charge in [0, 0.05) is 48.1 Å². The summed E-state index contributed by atoms with van der Waals surface area (Å²) < 4.78 is 17.3. The number of rotatable bonds is 6. The van der Waals surface area contributed by atoms with Crippen molar-refractivity contribution >= 4 is 57.6 Å². The Kier molecular flexibility index (Phi) is 7.92. The molecule has 2 unspecified atom stereocenters. The van der Waals surface area contributed by atoms with Crippen LogP contribution in [0.25, 0.3) is 0 Å². The lowest BCUT2D eigenvalue weighted by Gasteiger charge is -2.25. The summed E-state index contributed by atoms with van der Waals surface area (Å²) in [7, 11) is 1.38. The van der Waals surface area contributed by atoms with Crippen molar-refractivity contribution in [3.05, 3.63) is 35.0 Å². The molecule has 12 heteroatoms. The van der Waals surface area contributed by atoms with Gasteiger partial charge in [0.05, 0.1) is 24.1 Å². The number of urea groups is 1. The summed E-state index contributed by atoms with van der Waals surface area (Å²) in [6.45, 7) is 2.87. The number of amides is 3. The Morgan fingerprint density at radius 1 is 1.36 bits per heavy atom. The van der Waals surface area contributed by atoms with Gasteiger partial charge in [-0.15, -0.1) is 11.8 Å². The maximum Gasteiger partial charge on any atom is 0.409 e. The van der Waals surface area contributed by atoms with Gasteiger partial charge in [-0.3, -0.25) is 10.2 Å². The van der Waals surface area contributed by atoms with Crippen molar-refractivity contribution < 1.29 is 23.8 Å². The van der Waals surface area contributed by atoms with Crippen LogP contribution in [0.3, 0.4) is 0 Å². The number of thiazole rings is 1. The number of ether oxygens (including phenoxy) is 3. The average Bonchev–Trinajstić information content (AvgIpc) is 3.60. The fourth-order valence-corrected chi connectivity index (χ4v) is 6.98. The molecule has 2 atom stereocenters. The summed E-state index contributed by atoms with van der Waals surface area (Å²) in [5.41, 5.74) is 1.41. The minimum absolute atomic E-state index is 0.0864. The number of carbonyl (C=O) groups excluding carboxylic acids is 2. The lowest BCUT2D eigenvalue weighted by molar-refractivity contribution is -0.158. The molecule has 1 aromatic heterocycles. The number of likely N-dealkylation sites (tertiary alicyclic amines) is 1. The predicted molar refractivity (Wildman–Crippen MR) is 140 cm³/mol. The highest BCUT2D eigenvalue weighted by atomic mass is 35.5. The Balaban J connectivity index is 1.20. The molecule has 2 saturated heterocycles. The van der Waals surface area contributed by atoms with Crippen molar-refractivity contribution in [2.24, 2.45) is 0 Å². The van der Waals surface area contributed by atoms with Crippen LogP contribution in [0, 0.1) is 0 Å². The molecule has 0 saturated carbocycles. The topological polar surface area (TPSA) is 93.2 Å². The Labute approximate surface area is 223 Å². The maximum absolute atomic E-state index is 13.3. The summed E-state index contributed by atoms with van der Waals surface area (Å²) >= 11 is 9.40. The molecule has 1 aromatic carbocycles. The molecule has 0 radical (unpaired) electrons. The number of anilines is 2. The molecule has 1 N–H and O–H groups in total. The van der Waals surface area contributed by atoms with Gasteiger partial charge in [-0.25, -0.2) is 14.6 Å². The molecule has 0 aliphatic carbocycles. The molecule has 3 aliphatic rings. The second-order valence-electron chi connectivity index (χ2n) is 9.10. The smallest absolute Gasteiger partial charge is 0.409 e. The van der Waals surface area contributed by atoms with Crippen LogP contribution in [0.15, 0.2) is 28.6 Å². The van der Waals surface area contributed by atoms with Gasteiger partial charge in [-0.1, -0.05) is 22.9 Å². The molecule has 2 fully saturated rings. The van der Waals surface area contributed by atoms with E-state index in [1.807, 2.05) is 12.1 Å². The first-order valence-electron chi connectivity index (χ1n) is 12.0. The van der Waals surface area contributed by atoms with Crippen molar-refractivity contribution in [3.63, 3.8) is 0 Å². The lowest BCUT2D eigenvalue weighted by atomic mass is 9.81. The van der Waals surface area contributed by atoms with E-state index in [0.717, 1.165) is 53.5 Å². The molecule has 9 nitrogen and oxygen atoms in total. The van der Waals surface area contributed by atoms with E-state index in [4.69, 9.17) is 25.8 Å². The summed E-state index contributed by atoms with van der Waals surface area (Å²) in [5.74, 6) is 0.787. The van der Waals surface area contributed by atoms with Crippen molar-refractivity contribution in [2.45, 2.75) is 41.6 Å². The number of thioether (sulfide) groups is 1. The first-order valence-corrected chi connectivity index (χ1v) is 14.2. The Morgan fingerprint density at radius 2 is 2.25 bits per heavy atom. The zero-order valence-corrected chi connectivity index (χ0v) is 22.4. The average molecular weight is 553 g/mol. The summed E-state index contributed by atoms with van der Waals surface area (Å²) in [6.07, 6.45) is 5.26. The van der Waals surface area contributed by atoms with E-state index in [1.165, 1.54) is 18.4 Å². The third-order valence-electron chi connectivity index (χ3n) is 6.78. The standard InChI is InChI=1S/C24H29ClN4O5S2/c1-32-23(31)28-8-7-24(14-28)15-29(18-6-5-16(25)12-17(18)24)22(30)27-21-26-13-20(36-21)35-11-10-34-19-4-2-3-9-33-19/h5-6,12-13,19H,2-4,7-11,14-15H2,1H3,(H,26,27,30). The second kappa shape index (κ2) is 11.1. The van der Waals surface area contributed by atoms with Crippen LogP contribution in [0.1, 0.15) is 31.2 Å². The molecule has 3 aliphatic heterocycles. The molecule has 194 valence electrons. The number of nitrogens with zero attached hydrogens (tertiary/aromatic N) is 3. The minimum Gasteiger partial charge on any atom is -0.453 e. The summed E-state index contributed by atoms with van der Waals surface area (Å²) in [5, 5.41) is 4.09. The molecular weight excluding hydrogens is 524 g/mol. The highest BCUT2D eigenvalue weighted by Crippen LogP contribution is 2.47. The Bertz CT molecular complexity index is 1110. The molecule has 4 heterocycles. The number of hydrogen-bond acceptors (Lipinski definition) is 8. The molecule has 0 bridgehead atoms. The highest BCUT2D eigenvalue weighted by Gasteiger charge is 2.50. The molecule has 36 heavy (non-hydrogen) atoms. The number of benzene rings is 1. The predicted octanol–water partition coefficient (Wildman–Crippen LogP) is 5.19. The minimum atomic E-state index is -0.377. The zero-order chi connectivity index (χ0) is 25.1. The highest BCUT2D eigenvalue weighted by molar-refractivity contribution is 8.01. The number of methoxy groups -OCH3 is 1. The van der Waals surface area contributed by atoms with Crippen molar-refractivity contribution in [1.29, 1.82) is 0 Å². The van der Waals surface area contributed by atoms with Gasteiger partial charge in [-0.05, 0) is 49.4 Å². The van der Waals surface area contributed by atoms with Crippen LogP contribution in [0.5, 0.6) is 0 Å². The van der Waals surface area contributed by atoms with E-state index in [-0.39, 0.29) is 23.8 Å². The number of hydrogen-bond donors (Lipinski definition) is 1. The SMILES string of the molecule is COC(=O)N1CCC2(C1)CN(C(=O)Nc1ncc(SCCOC3CCCCO3)s1)c1ccc(Cl)cc12. The van der Waals surface area contributed by atoms with Crippen LogP contribution < -0.4 is 10.2 Å². The molecule has 1 spiro atoms. The van der Waals surface area contributed by atoms with E-state index < -0.39 is 0 Å². The fourth-order valence-electron chi connectivity index (χ4n) is 5.04. The van der Waals surface area contributed by atoms with Gasteiger partial charge in [0.2, 0.25) is 0 Å². The van der Waals surface area contributed by atoms with Crippen molar-refractivity contribution in [2.75, 3.05) is 55.9 Å². The number of halogens is 1. The third kappa shape index (κ3) is 5.45. The van der Waals surface area contributed by atoms with E-state index in [9.17, 15) is 9.59 Å². The normalized spacial score (nSPS) is 23.2. The molecule has 3 amide bonds. The number of nitrogens with one attached hydrogen (secondary N) is 1. The van der Waals surface area contributed by atoms with Crippen LogP contribution >= 0.6 is 34.7 Å². The third-order valence-corrected chi connectivity index (χ3v) is 9.09. The fraction of sp³-hybridized carbons (Fsp3) is 0.542. The maximum atomic E-state index is 13.3. The van der Waals surface area contributed by atoms with Crippen LogP contribution in [0.2, 0.25) is 5.02 Å². The van der Waals surface area contributed by atoms with Gasteiger partial charge in [0.15, 0.2) is 11.4 Å². The van der Waals surface area contributed by atoms with Crippen LogP contribution in [-0.2, 0) is 19.6 Å². The van der Waals surface area contributed by atoms with Gasteiger partial charge in [-0.2, -0.15) is 0 Å². The Hall–Kier alpha value is -2.05. The first kappa shape index (κ1) is 25.6. The zero-order valence-electron chi connectivity index (χ0n) is 20.0. The van der Waals surface area contributed by atoms with Gasteiger partial charge >= 0.3 is 12.1 Å². The second-order valence-corrected chi connectivity index (χ2v) is 12.0. The van der Waals surface area contributed by atoms with E-state index in [2.05, 4.69) is 10.3 Å². The quantitative estimate of drug-likeness (QED) is 0.389. The lowest BCUT2D eigenvalue weighted by Crippen LogP contribution is -2.41. The largest absolute Gasteiger partial charge is 0.453 e. The van der Waals surface area contributed by atoms with E-state index >= 15 is 0 Å². The summed E-state index contributed by atoms with van der Waals surface area (Å²) in [4.78, 5) is 33.2. The number of aromatic nitrogens is 1. The first-order chi connectivity index (χ1) is 17.5. The monoisotopic (exact) mass is 552 g/mol. The van der Waals surface area contributed by atoms with Gasteiger partial charge in [0.25, 0.3) is 0 Å². The molecule has 2 aromatic rings. The van der Waals surface area contributed by atoms with Crippen molar-refractivity contribution in [1.82, 2.24) is 9.88 Å². The van der Waals surface area contributed by atoms with Crippen LogP contribution in [0.4, 0.5) is 20.4 Å². The van der Waals surface area contributed by atoms with Crippen molar-refractivity contribution in [3.8, 4) is 0 Å². The summed E-state index contributed by atoms with van der Waals surface area (Å²) in [6, 6.07) is 5.30. The molecule has 5 rings (SSSR count). The molecular formula is C24H29ClN4O5S2. The number of fused-ring (bicyclic) bond motifs is 2. The number of carbonyl (C=O) groups is 2. The van der Waals surface area contributed by atoms with Crippen LogP contribution in [-0.4, -0.2) is 74.0 Å².